The van der Waals surface area contributed by atoms with Crippen molar-refractivity contribution in [3.63, 3.8) is 0 Å². The summed E-state index contributed by atoms with van der Waals surface area (Å²) in [5.74, 6) is 0. The van der Waals surface area contributed by atoms with Gasteiger partial charge in [-0.15, -0.1) is 0 Å². The van der Waals surface area contributed by atoms with E-state index in [2.05, 4.69) is 29.5 Å². The molecule has 0 saturated heterocycles. The van der Waals surface area contributed by atoms with E-state index in [9.17, 15) is 0 Å². The van der Waals surface area contributed by atoms with E-state index < -0.39 is 0 Å². The van der Waals surface area contributed by atoms with Crippen LogP contribution in [0.5, 0.6) is 0 Å². The lowest BCUT2D eigenvalue weighted by atomic mass is 9.98. The van der Waals surface area contributed by atoms with Crippen LogP contribution in [0, 0.1) is 0 Å². The maximum Gasteiger partial charge on any atom is 0.106 e. The molecule has 0 heterocycles. The molecule has 0 radical (unpaired) electrons. The summed E-state index contributed by atoms with van der Waals surface area (Å²) in [5.41, 5.74) is 0. The van der Waals surface area contributed by atoms with Gasteiger partial charge in [0.1, 0.15) is 4.11 Å². The highest BCUT2D eigenvalue weighted by Gasteiger charge is 2.14. The van der Waals surface area contributed by atoms with Crippen LogP contribution in [0.3, 0.4) is 0 Å². The molecule has 0 aromatic rings. The van der Waals surface area contributed by atoms with Crippen molar-refractivity contribution in [1.29, 1.82) is 0 Å². The topological polar surface area (TPSA) is 9.23 Å². The molecule has 0 N–H and O–H groups in total. The van der Waals surface area contributed by atoms with E-state index in [4.69, 9.17) is 4.74 Å². The molecule has 10 heavy (non-hydrogen) atoms. The highest BCUT2D eigenvalue weighted by Crippen LogP contribution is 2.22. The van der Waals surface area contributed by atoms with Crippen LogP contribution in [0.2, 0.25) is 0 Å². The molecule has 0 aliphatic heterocycles. The summed E-state index contributed by atoms with van der Waals surface area (Å²) in [5, 5.41) is 0. The van der Waals surface area contributed by atoms with Crippen LogP contribution in [-0.2, 0) is 4.74 Å². The van der Waals surface area contributed by atoms with Crippen LogP contribution >= 0.6 is 22.6 Å². The van der Waals surface area contributed by atoms with E-state index in [0.717, 1.165) is 0 Å². The zero-order valence-electron chi connectivity index (χ0n) is 6.48. The van der Waals surface area contributed by atoms with Gasteiger partial charge in [0.15, 0.2) is 0 Å². The molecular formula is C8H15IO. The van der Waals surface area contributed by atoms with Gasteiger partial charge in [0.25, 0.3) is 0 Å². The smallest absolute Gasteiger partial charge is 0.106 e. The molecule has 1 fully saturated rings. The lowest BCUT2D eigenvalue weighted by Gasteiger charge is -2.23. The fraction of sp³-hybridized carbons (Fsp3) is 1.00. The van der Waals surface area contributed by atoms with E-state index in [-0.39, 0.29) is 0 Å². The number of hydrogen-bond donors (Lipinski definition) is 0. The first-order valence-electron chi connectivity index (χ1n) is 4.08. The second kappa shape index (κ2) is 4.54. The molecule has 1 saturated carbocycles. The Bertz CT molecular complexity index is 87.3. The molecule has 1 aliphatic carbocycles. The molecule has 0 aromatic heterocycles. The zero-order chi connectivity index (χ0) is 7.40. The van der Waals surface area contributed by atoms with Gasteiger partial charge in [-0.05, 0) is 19.8 Å². The SMILES string of the molecule is C[C@@H](I)OC1CCCCC1. The Kier molecular flexibility index (Phi) is 3.99. The summed E-state index contributed by atoms with van der Waals surface area (Å²) in [6.07, 6.45) is 7.29. The van der Waals surface area contributed by atoms with E-state index in [1.54, 1.807) is 0 Å². The van der Waals surface area contributed by atoms with Crippen molar-refractivity contribution in [3.05, 3.63) is 0 Å². The fourth-order valence-corrected chi connectivity index (χ4v) is 1.88. The molecule has 1 atom stereocenters. The van der Waals surface area contributed by atoms with Gasteiger partial charge in [0.05, 0.1) is 6.10 Å². The van der Waals surface area contributed by atoms with Gasteiger partial charge >= 0.3 is 0 Å². The van der Waals surface area contributed by atoms with Crippen molar-refractivity contribution in [2.45, 2.75) is 49.2 Å². The fourth-order valence-electron chi connectivity index (χ4n) is 1.47. The van der Waals surface area contributed by atoms with Gasteiger partial charge in [-0.25, -0.2) is 0 Å². The highest BCUT2D eigenvalue weighted by molar-refractivity contribution is 14.1. The second-order valence-electron chi connectivity index (χ2n) is 2.94. The van der Waals surface area contributed by atoms with Gasteiger partial charge in [0, 0.05) is 0 Å². The lowest BCUT2D eigenvalue weighted by Crippen LogP contribution is -2.18. The summed E-state index contributed by atoms with van der Waals surface area (Å²) in [7, 11) is 0. The number of rotatable bonds is 2. The molecule has 1 aliphatic rings. The normalized spacial score (nSPS) is 24.6. The third-order valence-electron chi connectivity index (χ3n) is 1.93. The highest BCUT2D eigenvalue weighted by atomic mass is 127. The molecule has 1 rings (SSSR count). The van der Waals surface area contributed by atoms with Crippen LogP contribution in [0.25, 0.3) is 0 Å². The Balaban J connectivity index is 2.13. The molecule has 60 valence electrons. The Labute approximate surface area is 76.7 Å². The summed E-state index contributed by atoms with van der Waals surface area (Å²) in [6.45, 7) is 2.11. The Morgan fingerprint density at radius 1 is 1.30 bits per heavy atom. The minimum atomic E-state index is 0.390. The van der Waals surface area contributed by atoms with Crippen LogP contribution in [0.4, 0.5) is 0 Å². The number of ether oxygens (including phenoxy) is 1. The van der Waals surface area contributed by atoms with Crippen molar-refractivity contribution in [2.24, 2.45) is 0 Å². The average Bonchev–Trinajstić information content (AvgIpc) is 1.88. The standard InChI is InChI=1S/C8H15IO/c1-7(9)10-8-5-3-2-4-6-8/h7-8H,2-6H2,1H3/t7-/m0/s1. The predicted octanol–water partition coefficient (Wildman–Crippen LogP) is 3.12. The van der Waals surface area contributed by atoms with Crippen LogP contribution in [0.1, 0.15) is 39.0 Å². The Morgan fingerprint density at radius 3 is 2.40 bits per heavy atom. The maximum absolute atomic E-state index is 5.68. The van der Waals surface area contributed by atoms with Gasteiger partial charge in [-0.3, -0.25) is 0 Å². The van der Waals surface area contributed by atoms with Crippen molar-refractivity contribution in [2.75, 3.05) is 0 Å². The zero-order valence-corrected chi connectivity index (χ0v) is 8.63. The van der Waals surface area contributed by atoms with Crippen molar-refractivity contribution >= 4 is 22.6 Å². The summed E-state index contributed by atoms with van der Waals surface area (Å²) in [4.78, 5) is 0. The van der Waals surface area contributed by atoms with E-state index >= 15 is 0 Å². The van der Waals surface area contributed by atoms with Crippen LogP contribution < -0.4 is 0 Å². The minimum absolute atomic E-state index is 0.390. The molecule has 0 spiro atoms. The molecule has 2 heteroatoms. The number of halogens is 1. The Hall–Kier alpha value is 0.690. The van der Waals surface area contributed by atoms with Crippen LogP contribution in [-0.4, -0.2) is 10.2 Å². The quantitative estimate of drug-likeness (QED) is 0.543. The van der Waals surface area contributed by atoms with Crippen molar-refractivity contribution < 1.29 is 4.74 Å². The third kappa shape index (κ3) is 3.19. The van der Waals surface area contributed by atoms with Gasteiger partial charge < -0.3 is 4.74 Å². The molecule has 1 nitrogen and oxygen atoms in total. The van der Waals surface area contributed by atoms with E-state index in [1.165, 1.54) is 32.1 Å². The average molecular weight is 254 g/mol. The van der Waals surface area contributed by atoms with E-state index in [0.29, 0.717) is 10.2 Å². The molecule has 0 aromatic carbocycles. The first-order chi connectivity index (χ1) is 4.79. The molecular weight excluding hydrogens is 239 g/mol. The number of hydrogen-bond acceptors (Lipinski definition) is 1. The molecule has 0 bridgehead atoms. The summed E-state index contributed by atoms with van der Waals surface area (Å²) < 4.78 is 6.07. The van der Waals surface area contributed by atoms with Gasteiger partial charge in [-0.1, -0.05) is 41.9 Å². The van der Waals surface area contributed by atoms with E-state index in [1.807, 2.05) is 0 Å². The third-order valence-corrected chi connectivity index (χ3v) is 2.23. The van der Waals surface area contributed by atoms with Gasteiger partial charge in [-0.2, -0.15) is 0 Å². The van der Waals surface area contributed by atoms with Crippen molar-refractivity contribution in [3.8, 4) is 0 Å². The van der Waals surface area contributed by atoms with Gasteiger partial charge in [0.2, 0.25) is 0 Å². The monoisotopic (exact) mass is 254 g/mol. The maximum atomic E-state index is 5.68. The van der Waals surface area contributed by atoms with Crippen molar-refractivity contribution in [1.82, 2.24) is 0 Å². The summed E-state index contributed by atoms with van der Waals surface area (Å²) in [6, 6.07) is 0. The minimum Gasteiger partial charge on any atom is -0.365 e. The first-order valence-corrected chi connectivity index (χ1v) is 5.33. The predicted molar refractivity (Wildman–Crippen MR) is 51.4 cm³/mol. The largest absolute Gasteiger partial charge is 0.365 e. The van der Waals surface area contributed by atoms with Crippen LogP contribution in [0.15, 0.2) is 0 Å². The first kappa shape index (κ1) is 8.78. The summed E-state index contributed by atoms with van der Waals surface area (Å²) >= 11 is 2.32. The lowest BCUT2D eigenvalue weighted by molar-refractivity contribution is 0.0274. The number of alkyl halides is 1. The molecule has 0 unspecified atom stereocenters. The Morgan fingerprint density at radius 2 is 1.90 bits per heavy atom. The second-order valence-corrected chi connectivity index (χ2v) is 4.69. The molecule has 0 amide bonds.